The van der Waals surface area contributed by atoms with E-state index in [1.807, 2.05) is 43.9 Å². The zero-order valence-corrected chi connectivity index (χ0v) is 26.1. The quantitative estimate of drug-likeness (QED) is 0.334. The van der Waals surface area contributed by atoms with Crippen molar-refractivity contribution in [2.24, 2.45) is 11.8 Å². The summed E-state index contributed by atoms with van der Waals surface area (Å²) in [4.78, 5) is 31.3. The van der Waals surface area contributed by atoms with Gasteiger partial charge in [0.1, 0.15) is 0 Å². The predicted octanol–water partition coefficient (Wildman–Crippen LogP) is 6.12. The fourth-order valence-electron chi connectivity index (χ4n) is 6.12. The highest BCUT2D eigenvalue weighted by Crippen LogP contribution is 2.23. The molecule has 5 heteroatoms. The van der Waals surface area contributed by atoms with Crippen LogP contribution in [0.3, 0.4) is 0 Å². The second kappa shape index (κ2) is 15.0. The van der Waals surface area contributed by atoms with Crippen LogP contribution in [0.25, 0.3) is 0 Å². The van der Waals surface area contributed by atoms with E-state index in [9.17, 15) is 9.59 Å². The molecule has 0 aromatic heterocycles. The van der Waals surface area contributed by atoms with Gasteiger partial charge in [0.15, 0.2) is 0 Å². The lowest BCUT2D eigenvalue weighted by Crippen LogP contribution is -2.48. The van der Waals surface area contributed by atoms with Gasteiger partial charge in [0.05, 0.1) is 6.04 Å². The van der Waals surface area contributed by atoms with Crippen LogP contribution >= 0.6 is 0 Å². The summed E-state index contributed by atoms with van der Waals surface area (Å²) in [5.74, 6) is 7.31. The number of carbonyl (C=O) groups is 2. The summed E-state index contributed by atoms with van der Waals surface area (Å²) in [5, 5.41) is 3.14. The molecule has 1 aliphatic heterocycles. The molecule has 1 aliphatic carbocycles. The molecule has 4 rings (SSSR count). The molecular weight excluding hydrogens is 518 g/mol. The fourth-order valence-corrected chi connectivity index (χ4v) is 6.12. The Morgan fingerprint density at radius 3 is 2.40 bits per heavy atom. The predicted molar refractivity (Wildman–Crippen MR) is 172 cm³/mol. The first-order valence-corrected chi connectivity index (χ1v) is 15.5. The Hall–Kier alpha value is -3.62. The van der Waals surface area contributed by atoms with Crippen LogP contribution in [0, 0.1) is 37.5 Å². The number of hydrogen-bond acceptors (Lipinski definition) is 3. The third-order valence-corrected chi connectivity index (χ3v) is 8.69. The topological polar surface area (TPSA) is 52.7 Å². The molecule has 222 valence electrons. The molecule has 1 N–H and O–H groups in total. The number of likely N-dealkylation sites (tertiary alicyclic amines) is 1. The summed E-state index contributed by atoms with van der Waals surface area (Å²) in [6.45, 7) is 13.9. The maximum atomic E-state index is 13.7. The molecule has 1 heterocycles. The molecule has 2 atom stereocenters. The number of allylic oxidation sites excluding steroid dienone is 2. The Kier molecular flexibility index (Phi) is 11.2. The summed E-state index contributed by atoms with van der Waals surface area (Å²) >= 11 is 0. The van der Waals surface area contributed by atoms with Crippen LogP contribution in [-0.4, -0.2) is 60.4 Å². The highest BCUT2D eigenvalue weighted by molar-refractivity contribution is 5.94. The van der Waals surface area contributed by atoms with E-state index in [0.29, 0.717) is 31.0 Å². The second-order valence-electron chi connectivity index (χ2n) is 12.0. The Balaban J connectivity index is 1.41. The van der Waals surface area contributed by atoms with E-state index in [1.165, 1.54) is 24.0 Å². The smallest absolute Gasteiger partial charge is 0.251 e. The molecule has 1 saturated heterocycles. The molecule has 2 amide bonds. The highest BCUT2D eigenvalue weighted by Gasteiger charge is 2.27. The van der Waals surface area contributed by atoms with Gasteiger partial charge in [-0.25, -0.2) is 0 Å². The summed E-state index contributed by atoms with van der Waals surface area (Å²) < 4.78 is 0. The van der Waals surface area contributed by atoms with Crippen LogP contribution in [0.15, 0.2) is 71.8 Å². The van der Waals surface area contributed by atoms with Gasteiger partial charge in [-0.3, -0.25) is 9.59 Å². The molecule has 0 bridgehead atoms. The van der Waals surface area contributed by atoms with Crippen LogP contribution in [0.2, 0.25) is 0 Å². The molecular formula is C37H47N3O2. The third kappa shape index (κ3) is 8.69. The molecule has 0 saturated carbocycles. The van der Waals surface area contributed by atoms with E-state index in [0.717, 1.165) is 42.8 Å². The van der Waals surface area contributed by atoms with E-state index >= 15 is 0 Å². The number of hydrogen-bond donors (Lipinski definition) is 1. The van der Waals surface area contributed by atoms with E-state index in [-0.39, 0.29) is 23.8 Å². The minimum atomic E-state index is -0.288. The van der Waals surface area contributed by atoms with Gasteiger partial charge in [-0.1, -0.05) is 71.0 Å². The Labute approximate surface area is 253 Å². The number of nitrogens with zero attached hydrogens (tertiary/aromatic N) is 2. The first-order valence-electron chi connectivity index (χ1n) is 15.5. The van der Waals surface area contributed by atoms with Crippen molar-refractivity contribution in [3.05, 3.63) is 94.1 Å². The van der Waals surface area contributed by atoms with Crippen molar-refractivity contribution in [1.29, 1.82) is 0 Å². The lowest BCUT2D eigenvalue weighted by Gasteiger charge is -2.35. The fraction of sp³-hybridized carbons (Fsp3) is 0.459. The van der Waals surface area contributed by atoms with Crippen molar-refractivity contribution >= 4 is 11.8 Å². The monoisotopic (exact) mass is 565 g/mol. The van der Waals surface area contributed by atoms with Gasteiger partial charge in [-0.15, -0.1) is 0 Å². The minimum Gasteiger partial charge on any atom is -0.350 e. The number of piperidine rings is 1. The molecule has 2 aliphatic rings. The minimum absolute atomic E-state index is 0.117. The van der Waals surface area contributed by atoms with Crippen molar-refractivity contribution in [1.82, 2.24) is 15.1 Å². The SMILES string of the molecule is CCN(C(=O)CCN1CCC(Cc2ccccc2)CC1)C(CNC(=O)c1cc(C)cc(C)c1)C1=CC#CC(C)C(C)=C1. The Bertz CT molecular complexity index is 1340. The molecule has 2 unspecified atom stereocenters. The number of aryl methyl sites for hydroxylation is 2. The van der Waals surface area contributed by atoms with Gasteiger partial charge in [0, 0.05) is 37.5 Å². The summed E-state index contributed by atoms with van der Waals surface area (Å²) in [5.41, 5.74) is 6.31. The van der Waals surface area contributed by atoms with Gasteiger partial charge in [-0.2, -0.15) is 0 Å². The number of rotatable bonds is 11. The normalized spacial score (nSPS) is 18.2. The lowest BCUT2D eigenvalue weighted by atomic mass is 9.90. The van der Waals surface area contributed by atoms with Crippen LogP contribution in [0.4, 0.5) is 0 Å². The number of amides is 2. The average Bonchev–Trinajstić information content (AvgIpc) is 3.14. The van der Waals surface area contributed by atoms with E-state index in [1.54, 1.807) is 0 Å². The first-order chi connectivity index (χ1) is 20.2. The molecule has 2 aromatic carbocycles. The van der Waals surface area contributed by atoms with Gasteiger partial charge < -0.3 is 15.1 Å². The van der Waals surface area contributed by atoms with Crippen molar-refractivity contribution in [2.45, 2.75) is 66.3 Å². The Morgan fingerprint density at radius 1 is 1.05 bits per heavy atom. The molecule has 2 aromatic rings. The maximum Gasteiger partial charge on any atom is 0.251 e. The van der Waals surface area contributed by atoms with E-state index in [2.05, 4.69) is 78.4 Å². The first kappa shape index (κ1) is 31.3. The van der Waals surface area contributed by atoms with Gasteiger partial charge in [0.2, 0.25) is 5.91 Å². The van der Waals surface area contributed by atoms with E-state index < -0.39 is 0 Å². The van der Waals surface area contributed by atoms with Crippen LogP contribution in [0.5, 0.6) is 0 Å². The average molecular weight is 566 g/mol. The number of likely N-dealkylation sites (N-methyl/N-ethyl adjacent to an activating group) is 1. The summed E-state index contributed by atoms with van der Waals surface area (Å²) in [6, 6.07) is 16.3. The van der Waals surface area contributed by atoms with Crippen LogP contribution < -0.4 is 5.32 Å². The number of carbonyl (C=O) groups excluding carboxylic acids is 2. The van der Waals surface area contributed by atoms with Crippen molar-refractivity contribution in [3.8, 4) is 11.8 Å². The Morgan fingerprint density at radius 2 is 1.74 bits per heavy atom. The molecule has 0 radical (unpaired) electrons. The van der Waals surface area contributed by atoms with Crippen LogP contribution in [0.1, 0.15) is 67.1 Å². The zero-order chi connectivity index (χ0) is 30.1. The van der Waals surface area contributed by atoms with Gasteiger partial charge in [-0.05, 0) is 102 Å². The molecule has 42 heavy (non-hydrogen) atoms. The van der Waals surface area contributed by atoms with Crippen molar-refractivity contribution < 1.29 is 9.59 Å². The third-order valence-electron chi connectivity index (χ3n) is 8.69. The van der Waals surface area contributed by atoms with Gasteiger partial charge in [0.25, 0.3) is 5.91 Å². The second-order valence-corrected chi connectivity index (χ2v) is 12.0. The zero-order valence-electron chi connectivity index (χ0n) is 26.1. The molecule has 5 nitrogen and oxygen atoms in total. The molecule has 1 fully saturated rings. The number of benzene rings is 2. The van der Waals surface area contributed by atoms with Gasteiger partial charge >= 0.3 is 0 Å². The standard InChI is InChI=1S/C37H47N3O2/c1-6-40(36(41)17-20-39-18-15-32(16-19-39)25-31-12-8-7-9-13-31)35(33-14-10-11-29(4)30(5)24-33)26-38-37(42)34-22-27(2)21-28(3)23-34/h7-9,12-14,21-24,29,32,35H,6,15-20,25-26H2,1-5H3,(H,38,42). The van der Waals surface area contributed by atoms with Crippen molar-refractivity contribution in [3.63, 3.8) is 0 Å². The summed E-state index contributed by atoms with van der Waals surface area (Å²) in [7, 11) is 0. The molecule has 0 spiro atoms. The lowest BCUT2D eigenvalue weighted by molar-refractivity contribution is -0.132. The van der Waals surface area contributed by atoms with E-state index in [4.69, 9.17) is 0 Å². The highest BCUT2D eigenvalue weighted by atomic mass is 16.2. The number of nitrogens with one attached hydrogen (secondary N) is 1. The maximum absolute atomic E-state index is 13.7. The summed E-state index contributed by atoms with van der Waals surface area (Å²) in [6.07, 6.45) is 8.00. The van der Waals surface area contributed by atoms with Crippen LogP contribution in [-0.2, 0) is 11.2 Å². The largest absolute Gasteiger partial charge is 0.350 e. The van der Waals surface area contributed by atoms with Crippen molar-refractivity contribution in [2.75, 3.05) is 32.7 Å².